The number of aliphatic carboxylic acids is 1. The van der Waals surface area contributed by atoms with E-state index in [1.54, 1.807) is 23.3 Å². The van der Waals surface area contributed by atoms with E-state index in [1.165, 1.54) is 46.6 Å². The summed E-state index contributed by atoms with van der Waals surface area (Å²) >= 11 is 5.66. The maximum absolute atomic E-state index is 11.5. The maximum Gasteiger partial charge on any atom is 0.352 e. The first kappa shape index (κ1) is 24.0. The number of carbonyl (C=O) groups is 3. The van der Waals surface area contributed by atoms with Crippen LogP contribution >= 0.6 is 46.4 Å². The molecule has 12 nitrogen and oxygen atoms in total. The van der Waals surface area contributed by atoms with Gasteiger partial charge in [-0.2, -0.15) is 0 Å². The summed E-state index contributed by atoms with van der Waals surface area (Å²) in [6.07, 6.45) is 3.11. The van der Waals surface area contributed by atoms with Crippen LogP contribution in [0.15, 0.2) is 32.2 Å². The van der Waals surface area contributed by atoms with E-state index in [4.69, 9.17) is 5.73 Å². The van der Waals surface area contributed by atoms with E-state index in [0.29, 0.717) is 28.9 Å². The van der Waals surface area contributed by atoms with E-state index in [2.05, 4.69) is 29.9 Å². The van der Waals surface area contributed by atoms with Crippen molar-refractivity contribution in [2.45, 2.75) is 16.0 Å². The van der Waals surface area contributed by atoms with Gasteiger partial charge in [0.2, 0.25) is 5.91 Å². The van der Waals surface area contributed by atoms with E-state index in [1.807, 2.05) is 0 Å². The normalized spacial score (nSPS) is 17.3. The smallest absolute Gasteiger partial charge is 0.352 e. The van der Waals surface area contributed by atoms with Gasteiger partial charge in [0.25, 0.3) is 5.91 Å². The molecule has 0 bridgehead atoms. The second-order valence-electron chi connectivity index (χ2n) is 5.99. The molecule has 0 aromatic carbocycles. The highest BCUT2D eigenvalue weighted by atomic mass is 32.2. The quantitative estimate of drug-likeness (QED) is 0.211. The molecule has 2 aromatic heterocycles. The van der Waals surface area contributed by atoms with Gasteiger partial charge in [-0.1, -0.05) is 9.64 Å². The molecule has 4 rings (SSSR count). The Bertz CT molecular complexity index is 1040. The number of carboxylic acid groups (broad SMARTS) is 1. The van der Waals surface area contributed by atoms with Crippen molar-refractivity contribution in [3.8, 4) is 0 Å². The molecule has 32 heavy (non-hydrogen) atoms. The minimum absolute atomic E-state index is 0.0115. The molecule has 2 aliphatic heterocycles. The first-order chi connectivity index (χ1) is 15.4. The topological polar surface area (TPSA) is 173 Å². The Morgan fingerprint density at radius 1 is 1.53 bits per heavy atom. The van der Waals surface area contributed by atoms with Crippen LogP contribution in [0.2, 0.25) is 0 Å². The average molecular weight is 516 g/mol. The summed E-state index contributed by atoms with van der Waals surface area (Å²) in [5, 5.41) is 20.8. The Kier molecular flexibility index (Phi) is 8.43. The van der Waals surface area contributed by atoms with Crippen LogP contribution in [-0.2, 0) is 19.2 Å². The number of nitrogen functional groups attached to an aromatic ring is 1. The van der Waals surface area contributed by atoms with Crippen LogP contribution in [0.5, 0.6) is 0 Å². The number of fused-ring (bicyclic) bond motifs is 1. The summed E-state index contributed by atoms with van der Waals surface area (Å²) in [4.78, 5) is 43.4. The molecule has 2 aliphatic rings. The number of nitrogens with zero attached hydrogens (tertiary/aromatic N) is 5. The SMILES string of the molecule is CO/N=C\C(=O)Nc1csc(N)n1.O=C(O)C1=C(CSc2cnns2)CS[C@H]2CC(=O)N12. The number of carboxylic acids is 1. The van der Waals surface area contributed by atoms with Crippen LogP contribution in [0.4, 0.5) is 10.9 Å². The summed E-state index contributed by atoms with van der Waals surface area (Å²) in [6.45, 7) is 0. The minimum atomic E-state index is -1.02. The molecule has 1 fully saturated rings. The van der Waals surface area contributed by atoms with Crippen LogP contribution < -0.4 is 11.1 Å². The van der Waals surface area contributed by atoms with Crippen molar-refractivity contribution >= 4 is 81.3 Å². The molecule has 0 aliphatic carbocycles. The number of aromatic nitrogens is 3. The second-order valence-corrected chi connectivity index (χ2v) is 10.1. The summed E-state index contributed by atoms with van der Waals surface area (Å²) in [6, 6.07) is 0. The van der Waals surface area contributed by atoms with Gasteiger partial charge in [0.15, 0.2) is 5.13 Å². The van der Waals surface area contributed by atoms with Gasteiger partial charge < -0.3 is 21.0 Å². The highest BCUT2D eigenvalue weighted by Crippen LogP contribution is 2.41. The van der Waals surface area contributed by atoms with E-state index in [9.17, 15) is 19.5 Å². The standard InChI is InChI=1S/C10H9N3O3S3.C6H8N4O2S/c14-6-1-7-13(6)9(10(15)16)5(3-17-7)4-18-8-2-11-12-19-8;1-12-8-2-5(11)9-4-3-13-6(7)10-4/h2,7H,1,3-4H2,(H,15,16);2-3H,1H3,(H2,7,10)(H,9,11)/b;8-2-/t7-;/m0./s1. The van der Waals surface area contributed by atoms with Crippen LogP contribution in [0.25, 0.3) is 0 Å². The number of β-lactam (4-membered cyclic amide) rings is 1. The number of thiazole rings is 1. The number of anilines is 2. The van der Waals surface area contributed by atoms with Crippen LogP contribution in [0.1, 0.15) is 6.42 Å². The number of hydrogen-bond donors (Lipinski definition) is 3. The fourth-order valence-electron chi connectivity index (χ4n) is 2.57. The number of carbonyl (C=O) groups excluding carboxylic acids is 2. The molecule has 1 atom stereocenters. The lowest BCUT2D eigenvalue weighted by molar-refractivity contribution is -0.146. The lowest BCUT2D eigenvalue weighted by atomic mass is 10.1. The largest absolute Gasteiger partial charge is 0.477 e. The fourth-order valence-corrected chi connectivity index (χ4v) is 5.90. The summed E-state index contributed by atoms with van der Waals surface area (Å²) in [7, 11) is 1.35. The predicted octanol–water partition coefficient (Wildman–Crippen LogP) is 1.57. The highest BCUT2D eigenvalue weighted by molar-refractivity contribution is 8.01. The van der Waals surface area contributed by atoms with Gasteiger partial charge in [0, 0.05) is 16.9 Å². The van der Waals surface area contributed by atoms with Gasteiger partial charge in [0.05, 0.1) is 18.0 Å². The molecule has 170 valence electrons. The molecule has 1 saturated heterocycles. The Labute approximate surface area is 198 Å². The number of thioether (sulfide) groups is 2. The van der Waals surface area contributed by atoms with Crippen molar-refractivity contribution in [2.75, 3.05) is 29.7 Å². The van der Waals surface area contributed by atoms with Crippen molar-refractivity contribution in [1.29, 1.82) is 0 Å². The molecule has 4 N–H and O–H groups in total. The van der Waals surface area contributed by atoms with Crippen molar-refractivity contribution in [3.63, 3.8) is 0 Å². The second kappa shape index (κ2) is 11.3. The minimum Gasteiger partial charge on any atom is -0.477 e. The predicted molar refractivity (Wildman–Crippen MR) is 124 cm³/mol. The summed E-state index contributed by atoms with van der Waals surface area (Å²) in [5.41, 5.74) is 6.32. The zero-order valence-corrected chi connectivity index (χ0v) is 19.7. The number of amides is 2. The van der Waals surface area contributed by atoms with Crippen molar-refractivity contribution in [3.05, 3.63) is 22.8 Å². The Morgan fingerprint density at radius 2 is 2.34 bits per heavy atom. The van der Waals surface area contributed by atoms with Crippen LogP contribution in [0.3, 0.4) is 0 Å². The molecular formula is C16H17N7O5S4. The maximum atomic E-state index is 11.5. The van der Waals surface area contributed by atoms with E-state index >= 15 is 0 Å². The van der Waals surface area contributed by atoms with Gasteiger partial charge in [0.1, 0.15) is 29.0 Å². The van der Waals surface area contributed by atoms with Gasteiger partial charge in [-0.05, 0) is 17.1 Å². The zero-order chi connectivity index (χ0) is 23.1. The molecule has 0 saturated carbocycles. The lowest BCUT2D eigenvalue weighted by Crippen LogP contribution is -2.54. The third-order valence-corrected chi connectivity index (χ3v) is 7.79. The first-order valence-corrected chi connectivity index (χ1v) is 12.5. The highest BCUT2D eigenvalue weighted by Gasteiger charge is 2.45. The number of nitrogens with two attached hydrogens (primary N) is 1. The molecule has 0 spiro atoms. The molecule has 2 amide bonds. The number of oxime groups is 1. The number of hydrogen-bond acceptors (Lipinski definition) is 13. The van der Waals surface area contributed by atoms with Gasteiger partial charge >= 0.3 is 5.97 Å². The van der Waals surface area contributed by atoms with Gasteiger partial charge in [-0.15, -0.1) is 40.0 Å². The van der Waals surface area contributed by atoms with E-state index in [0.717, 1.165) is 16.0 Å². The monoisotopic (exact) mass is 515 g/mol. The molecular weight excluding hydrogens is 498 g/mol. The van der Waals surface area contributed by atoms with E-state index in [-0.39, 0.29) is 17.0 Å². The number of rotatable bonds is 7. The molecule has 0 radical (unpaired) electrons. The molecule has 0 unspecified atom stereocenters. The number of nitrogens with one attached hydrogen (secondary N) is 1. The fraction of sp³-hybridized carbons (Fsp3) is 0.312. The zero-order valence-electron chi connectivity index (χ0n) is 16.5. The van der Waals surface area contributed by atoms with Crippen molar-refractivity contribution in [1.82, 2.24) is 19.5 Å². The Morgan fingerprint density at radius 3 is 2.94 bits per heavy atom. The van der Waals surface area contributed by atoms with Crippen LogP contribution in [-0.4, -0.2) is 72.6 Å². The van der Waals surface area contributed by atoms with Gasteiger partial charge in [-0.25, -0.2) is 9.78 Å². The Balaban J connectivity index is 0.000000195. The summed E-state index contributed by atoms with van der Waals surface area (Å²) in [5.74, 6) is 0.0970. The molecule has 2 aromatic rings. The van der Waals surface area contributed by atoms with Gasteiger partial charge in [-0.3, -0.25) is 14.5 Å². The average Bonchev–Trinajstić information content (AvgIpc) is 3.42. The first-order valence-electron chi connectivity index (χ1n) is 8.76. The third kappa shape index (κ3) is 6.18. The molecule has 4 heterocycles. The van der Waals surface area contributed by atoms with Crippen molar-refractivity contribution in [2.24, 2.45) is 5.16 Å². The lowest BCUT2D eigenvalue weighted by Gasteiger charge is -2.43. The third-order valence-electron chi connectivity index (χ3n) is 3.91. The Hall–Kier alpha value is -2.69. The van der Waals surface area contributed by atoms with E-state index < -0.39 is 11.9 Å². The van der Waals surface area contributed by atoms with Crippen LogP contribution in [0, 0.1) is 0 Å². The molecule has 16 heteroatoms. The summed E-state index contributed by atoms with van der Waals surface area (Å²) < 4.78 is 4.70. The van der Waals surface area contributed by atoms with Crippen molar-refractivity contribution < 1.29 is 24.3 Å².